The first kappa shape index (κ1) is 15.6. The van der Waals surface area contributed by atoms with Crippen LogP contribution in [0, 0.1) is 0 Å². The molecule has 1 aliphatic heterocycles. The SMILES string of the molecule is CCOC(=O)CCCCN1CC[S@](=O)[C@@H](C)[C@@H]1C. The standard InChI is InChI=1S/C13H25NO3S/c1-4-17-13(15)7-5-6-8-14-9-10-18(16)12(3)11(14)2/h11-12H,4-10H2,1-3H3/t11-,12-,18-/m0/s1. The number of ether oxygens (including phenoxy) is 1. The van der Waals surface area contributed by atoms with E-state index in [1.54, 1.807) is 0 Å². The van der Waals surface area contributed by atoms with Crippen LogP contribution in [0.4, 0.5) is 0 Å². The fraction of sp³-hybridized carbons (Fsp3) is 0.923. The molecule has 106 valence electrons. The van der Waals surface area contributed by atoms with E-state index in [4.69, 9.17) is 4.74 Å². The van der Waals surface area contributed by atoms with E-state index in [1.807, 2.05) is 6.92 Å². The van der Waals surface area contributed by atoms with Gasteiger partial charge in [-0.25, -0.2) is 0 Å². The number of esters is 1. The molecule has 0 aliphatic carbocycles. The first-order chi connectivity index (χ1) is 8.56. The largest absolute Gasteiger partial charge is 0.466 e. The molecule has 1 aliphatic rings. The molecule has 0 aromatic carbocycles. The van der Waals surface area contributed by atoms with Gasteiger partial charge in [0.15, 0.2) is 0 Å². The van der Waals surface area contributed by atoms with Gasteiger partial charge >= 0.3 is 5.97 Å². The Morgan fingerprint density at radius 3 is 2.78 bits per heavy atom. The van der Waals surface area contributed by atoms with Crippen molar-refractivity contribution in [2.75, 3.05) is 25.4 Å². The van der Waals surface area contributed by atoms with E-state index in [1.165, 1.54) is 0 Å². The summed E-state index contributed by atoms with van der Waals surface area (Å²) in [4.78, 5) is 13.6. The molecule has 0 N–H and O–H groups in total. The Labute approximate surface area is 113 Å². The minimum atomic E-state index is -0.669. The highest BCUT2D eigenvalue weighted by atomic mass is 32.2. The lowest BCUT2D eigenvalue weighted by atomic mass is 10.1. The van der Waals surface area contributed by atoms with Crippen molar-refractivity contribution < 1.29 is 13.7 Å². The second-order valence-corrected chi connectivity index (χ2v) is 6.74. The molecule has 1 fully saturated rings. The van der Waals surface area contributed by atoms with E-state index in [-0.39, 0.29) is 11.2 Å². The van der Waals surface area contributed by atoms with E-state index in [0.29, 0.717) is 19.1 Å². The second kappa shape index (κ2) is 7.89. The first-order valence-electron chi connectivity index (χ1n) is 6.83. The lowest BCUT2D eigenvalue weighted by Gasteiger charge is -2.37. The average molecular weight is 275 g/mol. The Hall–Kier alpha value is -0.420. The Morgan fingerprint density at radius 1 is 1.39 bits per heavy atom. The zero-order chi connectivity index (χ0) is 13.5. The molecule has 1 heterocycles. The predicted molar refractivity (Wildman–Crippen MR) is 74.0 cm³/mol. The molecule has 0 amide bonds. The normalized spacial score (nSPS) is 29.2. The maximum atomic E-state index is 11.7. The molecule has 0 bridgehead atoms. The van der Waals surface area contributed by atoms with Crippen molar-refractivity contribution in [2.24, 2.45) is 0 Å². The van der Waals surface area contributed by atoms with Gasteiger partial charge in [0.25, 0.3) is 0 Å². The van der Waals surface area contributed by atoms with Crippen LogP contribution >= 0.6 is 0 Å². The summed E-state index contributed by atoms with van der Waals surface area (Å²) in [5.41, 5.74) is 0. The molecule has 4 nitrogen and oxygen atoms in total. The topological polar surface area (TPSA) is 46.6 Å². The smallest absolute Gasteiger partial charge is 0.305 e. The highest BCUT2D eigenvalue weighted by Gasteiger charge is 2.29. The van der Waals surface area contributed by atoms with Gasteiger partial charge in [0.1, 0.15) is 0 Å². The lowest BCUT2D eigenvalue weighted by molar-refractivity contribution is -0.143. The summed E-state index contributed by atoms with van der Waals surface area (Å²) in [6.45, 7) is 8.40. The molecule has 5 heteroatoms. The minimum absolute atomic E-state index is 0.0985. The number of unbranched alkanes of at least 4 members (excludes halogenated alkanes) is 1. The third kappa shape index (κ3) is 4.69. The first-order valence-corrected chi connectivity index (χ1v) is 8.21. The number of nitrogens with zero attached hydrogens (tertiary/aromatic N) is 1. The Morgan fingerprint density at radius 2 is 2.11 bits per heavy atom. The molecular formula is C13H25NO3S. The van der Waals surface area contributed by atoms with Crippen molar-refractivity contribution in [2.45, 2.75) is 51.3 Å². The van der Waals surface area contributed by atoms with Gasteiger partial charge in [0, 0.05) is 40.8 Å². The number of carbonyl (C=O) groups excluding carboxylic acids is 1. The van der Waals surface area contributed by atoms with Crippen LogP contribution in [0.25, 0.3) is 0 Å². The van der Waals surface area contributed by atoms with Crippen LogP contribution in [0.1, 0.15) is 40.0 Å². The maximum absolute atomic E-state index is 11.7. The fourth-order valence-corrected chi connectivity index (χ4v) is 3.64. The van der Waals surface area contributed by atoms with Crippen molar-refractivity contribution in [3.63, 3.8) is 0 Å². The zero-order valence-corrected chi connectivity index (χ0v) is 12.5. The van der Waals surface area contributed by atoms with E-state index in [2.05, 4.69) is 18.7 Å². The number of hydrogen-bond acceptors (Lipinski definition) is 4. The van der Waals surface area contributed by atoms with Gasteiger partial charge in [0.05, 0.1) is 6.61 Å². The van der Waals surface area contributed by atoms with E-state index < -0.39 is 10.8 Å². The van der Waals surface area contributed by atoms with E-state index >= 15 is 0 Å². The van der Waals surface area contributed by atoms with Gasteiger partial charge in [-0.2, -0.15) is 0 Å². The molecule has 0 aromatic heterocycles. The van der Waals surface area contributed by atoms with Crippen LogP contribution in [-0.2, 0) is 20.3 Å². The van der Waals surface area contributed by atoms with Crippen LogP contribution in [-0.4, -0.2) is 51.8 Å². The Balaban J connectivity index is 2.19. The summed E-state index contributed by atoms with van der Waals surface area (Å²) in [5.74, 6) is 0.683. The molecule has 3 atom stereocenters. The summed E-state index contributed by atoms with van der Waals surface area (Å²) < 4.78 is 16.6. The third-order valence-corrected chi connectivity index (χ3v) is 5.44. The van der Waals surface area contributed by atoms with Crippen LogP contribution in [0.5, 0.6) is 0 Å². The van der Waals surface area contributed by atoms with Gasteiger partial charge in [-0.1, -0.05) is 0 Å². The number of carbonyl (C=O) groups is 1. The highest BCUT2D eigenvalue weighted by Crippen LogP contribution is 2.17. The quantitative estimate of drug-likeness (QED) is 0.545. The lowest BCUT2D eigenvalue weighted by Crippen LogP contribution is -2.49. The summed E-state index contributed by atoms with van der Waals surface area (Å²) in [7, 11) is -0.669. The Kier molecular flexibility index (Phi) is 6.86. The maximum Gasteiger partial charge on any atom is 0.305 e. The molecule has 0 aromatic rings. The molecule has 0 radical (unpaired) electrons. The summed E-state index contributed by atoms with van der Waals surface area (Å²) in [6, 6.07) is 0.377. The molecule has 1 saturated heterocycles. The van der Waals surface area contributed by atoms with Gasteiger partial charge in [0.2, 0.25) is 0 Å². The van der Waals surface area contributed by atoms with Crippen LogP contribution in [0.2, 0.25) is 0 Å². The second-order valence-electron chi connectivity index (χ2n) is 4.83. The van der Waals surface area contributed by atoms with Crippen LogP contribution in [0.3, 0.4) is 0 Å². The minimum Gasteiger partial charge on any atom is -0.466 e. The van der Waals surface area contributed by atoms with Crippen molar-refractivity contribution in [3.8, 4) is 0 Å². The third-order valence-electron chi connectivity index (χ3n) is 3.63. The van der Waals surface area contributed by atoms with E-state index in [0.717, 1.165) is 31.7 Å². The molecule has 0 unspecified atom stereocenters. The van der Waals surface area contributed by atoms with Gasteiger partial charge < -0.3 is 4.74 Å². The van der Waals surface area contributed by atoms with Crippen molar-refractivity contribution in [3.05, 3.63) is 0 Å². The number of hydrogen-bond donors (Lipinski definition) is 0. The Bertz CT molecular complexity index is 296. The zero-order valence-electron chi connectivity index (χ0n) is 11.7. The van der Waals surface area contributed by atoms with Crippen molar-refractivity contribution in [1.29, 1.82) is 0 Å². The van der Waals surface area contributed by atoms with Gasteiger partial charge in [-0.05, 0) is 40.2 Å². The monoisotopic (exact) mass is 275 g/mol. The van der Waals surface area contributed by atoms with Crippen molar-refractivity contribution in [1.82, 2.24) is 4.90 Å². The fourth-order valence-electron chi connectivity index (χ4n) is 2.25. The predicted octanol–water partition coefficient (Wildman–Crippen LogP) is 1.56. The van der Waals surface area contributed by atoms with Crippen LogP contribution in [0.15, 0.2) is 0 Å². The van der Waals surface area contributed by atoms with Crippen LogP contribution < -0.4 is 0 Å². The molecule has 0 saturated carbocycles. The molecular weight excluding hydrogens is 250 g/mol. The molecule has 0 spiro atoms. The number of rotatable bonds is 6. The van der Waals surface area contributed by atoms with Gasteiger partial charge in [-0.15, -0.1) is 0 Å². The molecule has 18 heavy (non-hydrogen) atoms. The average Bonchev–Trinajstić information content (AvgIpc) is 2.34. The van der Waals surface area contributed by atoms with Crippen molar-refractivity contribution >= 4 is 16.8 Å². The highest BCUT2D eigenvalue weighted by molar-refractivity contribution is 7.85. The molecule has 1 rings (SSSR count). The summed E-state index contributed by atoms with van der Waals surface area (Å²) in [6.07, 6.45) is 2.39. The van der Waals surface area contributed by atoms with E-state index in [9.17, 15) is 9.00 Å². The van der Waals surface area contributed by atoms with Gasteiger partial charge in [-0.3, -0.25) is 13.9 Å². The summed E-state index contributed by atoms with van der Waals surface area (Å²) >= 11 is 0. The summed E-state index contributed by atoms with van der Waals surface area (Å²) in [5, 5.41) is 0.254.